The molecule has 0 saturated heterocycles. The van der Waals surface area contributed by atoms with Crippen LogP contribution in [0.1, 0.15) is 23.7 Å². The van der Waals surface area contributed by atoms with Crippen molar-refractivity contribution in [2.45, 2.75) is 13.3 Å². The molecular weight excluding hydrogens is 194 g/mol. The second-order valence-corrected chi connectivity index (χ2v) is 2.98. The second-order valence-electron chi connectivity index (χ2n) is 2.98. The molecule has 1 aromatic carbocycles. The van der Waals surface area contributed by atoms with Crippen LogP contribution in [0.3, 0.4) is 0 Å². The Bertz CT molecular complexity index is 332. The van der Waals surface area contributed by atoms with Crippen molar-refractivity contribution >= 4 is 5.78 Å². The van der Waals surface area contributed by atoms with Crippen LogP contribution in [0.5, 0.6) is 5.75 Å². The van der Waals surface area contributed by atoms with Gasteiger partial charge in [-0.1, -0.05) is 5.18 Å². The minimum Gasteiger partial charge on any atom is -0.494 e. The van der Waals surface area contributed by atoms with Crippen LogP contribution in [0.15, 0.2) is 29.4 Å². The molecule has 0 fully saturated rings. The van der Waals surface area contributed by atoms with E-state index in [1.165, 1.54) is 0 Å². The fourth-order valence-corrected chi connectivity index (χ4v) is 1.20. The molecule has 4 nitrogen and oxygen atoms in total. The van der Waals surface area contributed by atoms with Gasteiger partial charge in [0.2, 0.25) is 0 Å². The van der Waals surface area contributed by atoms with E-state index >= 15 is 0 Å². The number of hydrogen-bond acceptors (Lipinski definition) is 4. The number of nitrogens with zero attached hydrogens (tertiary/aromatic N) is 1. The lowest BCUT2D eigenvalue weighted by atomic mass is 10.1. The molecule has 0 bridgehead atoms. The first kappa shape index (κ1) is 11.4. The summed E-state index contributed by atoms with van der Waals surface area (Å²) in [5.41, 5.74) is 0.585. The van der Waals surface area contributed by atoms with E-state index in [9.17, 15) is 9.70 Å². The quantitative estimate of drug-likeness (QED) is 0.531. The molecule has 0 aliphatic rings. The molecule has 1 rings (SSSR count). The lowest BCUT2D eigenvalue weighted by Crippen LogP contribution is -2.00. The van der Waals surface area contributed by atoms with Gasteiger partial charge in [0, 0.05) is 12.0 Å². The van der Waals surface area contributed by atoms with Crippen molar-refractivity contribution in [1.82, 2.24) is 0 Å². The van der Waals surface area contributed by atoms with Gasteiger partial charge >= 0.3 is 0 Å². The van der Waals surface area contributed by atoms with Crippen molar-refractivity contribution in [3.63, 3.8) is 0 Å². The average Bonchev–Trinajstić information content (AvgIpc) is 2.27. The zero-order valence-electron chi connectivity index (χ0n) is 8.60. The molecule has 0 atom stereocenters. The minimum atomic E-state index is -0.0716. The standard InChI is InChI=1S/C11H13NO3/c1-2-15-10-5-3-9(4-6-10)11(13)7-8-12-14/h3-6H,2,7-8H2,1H3. The van der Waals surface area contributed by atoms with Crippen molar-refractivity contribution in [3.8, 4) is 5.75 Å². The minimum absolute atomic E-state index is 0.0338. The average molecular weight is 207 g/mol. The van der Waals surface area contributed by atoms with E-state index in [1.807, 2.05) is 6.92 Å². The summed E-state index contributed by atoms with van der Waals surface area (Å²) in [5, 5.41) is 2.65. The lowest BCUT2D eigenvalue weighted by molar-refractivity contribution is 0.0985. The molecule has 15 heavy (non-hydrogen) atoms. The van der Waals surface area contributed by atoms with Gasteiger partial charge in [0.15, 0.2) is 5.78 Å². The van der Waals surface area contributed by atoms with Gasteiger partial charge in [-0.15, -0.1) is 0 Å². The van der Waals surface area contributed by atoms with Crippen molar-refractivity contribution in [1.29, 1.82) is 0 Å². The Morgan fingerprint density at radius 2 is 2.00 bits per heavy atom. The normalized spacial score (nSPS) is 9.67. The highest BCUT2D eigenvalue weighted by Crippen LogP contribution is 2.13. The van der Waals surface area contributed by atoms with E-state index < -0.39 is 0 Å². The zero-order chi connectivity index (χ0) is 11.1. The third-order valence-electron chi connectivity index (χ3n) is 1.92. The third-order valence-corrected chi connectivity index (χ3v) is 1.92. The molecule has 0 radical (unpaired) electrons. The SMILES string of the molecule is CCOc1ccc(C(=O)CCN=O)cc1. The van der Waals surface area contributed by atoms with Gasteiger partial charge < -0.3 is 4.74 Å². The first-order valence-corrected chi connectivity index (χ1v) is 4.83. The van der Waals surface area contributed by atoms with Gasteiger partial charge in [-0.2, -0.15) is 4.91 Å². The molecule has 0 unspecified atom stereocenters. The van der Waals surface area contributed by atoms with Gasteiger partial charge in [0.1, 0.15) is 5.75 Å². The van der Waals surface area contributed by atoms with Crippen molar-refractivity contribution in [3.05, 3.63) is 34.7 Å². The van der Waals surface area contributed by atoms with Crippen LogP contribution in [0.4, 0.5) is 0 Å². The molecule has 0 aromatic heterocycles. The number of ether oxygens (including phenoxy) is 1. The van der Waals surface area contributed by atoms with Gasteiger partial charge in [0.25, 0.3) is 0 Å². The number of nitroso groups, excluding NO2 is 1. The molecule has 0 aliphatic carbocycles. The van der Waals surface area contributed by atoms with E-state index in [2.05, 4.69) is 5.18 Å². The first-order chi connectivity index (χ1) is 7.27. The van der Waals surface area contributed by atoms with Crippen LogP contribution < -0.4 is 4.74 Å². The Balaban J connectivity index is 2.62. The highest BCUT2D eigenvalue weighted by atomic mass is 16.5. The molecule has 0 saturated carbocycles. The predicted octanol–water partition coefficient (Wildman–Crippen LogP) is 2.42. The highest BCUT2D eigenvalue weighted by Gasteiger charge is 2.05. The summed E-state index contributed by atoms with van der Waals surface area (Å²) in [7, 11) is 0. The van der Waals surface area contributed by atoms with Gasteiger partial charge in [-0.05, 0) is 31.2 Å². The second kappa shape index (κ2) is 5.90. The summed E-state index contributed by atoms with van der Waals surface area (Å²) in [6.07, 6.45) is 0.164. The maximum Gasteiger partial charge on any atom is 0.164 e. The molecule has 0 aliphatic heterocycles. The van der Waals surface area contributed by atoms with Crippen LogP contribution in [0.25, 0.3) is 0 Å². The molecular formula is C11H13NO3. The van der Waals surface area contributed by atoms with E-state index in [0.717, 1.165) is 5.75 Å². The van der Waals surface area contributed by atoms with Crippen LogP contribution in [0, 0.1) is 4.91 Å². The van der Waals surface area contributed by atoms with Crippen molar-refractivity contribution < 1.29 is 9.53 Å². The Hall–Kier alpha value is -1.71. The summed E-state index contributed by atoms with van der Waals surface area (Å²) in [6, 6.07) is 6.87. The fraction of sp³-hybridized carbons (Fsp3) is 0.364. The van der Waals surface area contributed by atoms with E-state index in [1.54, 1.807) is 24.3 Å². The topological polar surface area (TPSA) is 55.7 Å². The van der Waals surface area contributed by atoms with E-state index in [4.69, 9.17) is 4.74 Å². The molecule has 0 spiro atoms. The Morgan fingerprint density at radius 3 is 2.53 bits per heavy atom. The molecule has 0 heterocycles. The predicted molar refractivity (Wildman–Crippen MR) is 57.2 cm³/mol. The van der Waals surface area contributed by atoms with Gasteiger partial charge in [0.05, 0.1) is 13.2 Å². The van der Waals surface area contributed by atoms with E-state index in [0.29, 0.717) is 12.2 Å². The summed E-state index contributed by atoms with van der Waals surface area (Å²) < 4.78 is 5.24. The Labute approximate surface area is 88.2 Å². The summed E-state index contributed by atoms with van der Waals surface area (Å²) in [6.45, 7) is 2.53. The number of hydrogen-bond donors (Lipinski definition) is 0. The summed E-state index contributed by atoms with van der Waals surface area (Å²) in [5.74, 6) is 0.667. The highest BCUT2D eigenvalue weighted by molar-refractivity contribution is 5.96. The van der Waals surface area contributed by atoms with E-state index in [-0.39, 0.29) is 18.7 Å². The third kappa shape index (κ3) is 3.50. The van der Waals surface area contributed by atoms with Crippen LogP contribution >= 0.6 is 0 Å². The number of rotatable bonds is 6. The Kier molecular flexibility index (Phi) is 4.47. The molecule has 0 N–H and O–H groups in total. The molecule has 80 valence electrons. The zero-order valence-corrected chi connectivity index (χ0v) is 8.60. The van der Waals surface area contributed by atoms with Crippen LogP contribution in [-0.4, -0.2) is 18.9 Å². The van der Waals surface area contributed by atoms with Crippen LogP contribution in [0.2, 0.25) is 0 Å². The lowest BCUT2D eigenvalue weighted by Gasteiger charge is -2.03. The molecule has 4 heteroatoms. The number of Topliss-reactive ketones (excluding diaryl/α,β-unsaturated/α-hetero) is 1. The largest absolute Gasteiger partial charge is 0.494 e. The fourth-order valence-electron chi connectivity index (χ4n) is 1.20. The Morgan fingerprint density at radius 1 is 1.33 bits per heavy atom. The first-order valence-electron chi connectivity index (χ1n) is 4.83. The van der Waals surface area contributed by atoms with Crippen molar-refractivity contribution in [2.24, 2.45) is 5.18 Å². The number of benzene rings is 1. The maximum absolute atomic E-state index is 11.4. The summed E-state index contributed by atoms with van der Waals surface area (Å²) >= 11 is 0. The molecule has 0 amide bonds. The van der Waals surface area contributed by atoms with Gasteiger partial charge in [-0.3, -0.25) is 4.79 Å². The number of carbonyl (C=O) groups is 1. The number of carbonyl (C=O) groups excluding carboxylic acids is 1. The molecule has 1 aromatic rings. The summed E-state index contributed by atoms with van der Waals surface area (Å²) in [4.78, 5) is 21.3. The van der Waals surface area contributed by atoms with Crippen LogP contribution in [-0.2, 0) is 0 Å². The maximum atomic E-state index is 11.4. The number of ketones is 1. The van der Waals surface area contributed by atoms with Gasteiger partial charge in [-0.25, -0.2) is 0 Å². The monoisotopic (exact) mass is 207 g/mol. The van der Waals surface area contributed by atoms with Crippen molar-refractivity contribution in [2.75, 3.05) is 13.2 Å². The smallest absolute Gasteiger partial charge is 0.164 e.